The van der Waals surface area contributed by atoms with Crippen molar-refractivity contribution in [3.8, 4) is 0 Å². The van der Waals surface area contributed by atoms with Crippen LogP contribution in [0.5, 0.6) is 0 Å². The highest BCUT2D eigenvalue weighted by Crippen LogP contribution is 2.17. The van der Waals surface area contributed by atoms with E-state index in [4.69, 9.17) is 9.72 Å². The number of nitrogens with zero attached hydrogens (tertiary/aromatic N) is 5. The van der Waals surface area contributed by atoms with Crippen LogP contribution in [0.2, 0.25) is 0 Å². The monoisotopic (exact) mass is 360 g/mol. The van der Waals surface area contributed by atoms with Gasteiger partial charge in [0.15, 0.2) is 5.96 Å². The first kappa shape index (κ1) is 17.8. The molecule has 0 aromatic carbocycles. The van der Waals surface area contributed by atoms with Crippen molar-refractivity contribution in [3.05, 3.63) is 17.7 Å². The van der Waals surface area contributed by atoms with Gasteiger partial charge in [0.05, 0.1) is 18.9 Å². The van der Waals surface area contributed by atoms with Crippen molar-refractivity contribution in [2.45, 2.75) is 44.7 Å². The first-order valence-corrected chi connectivity index (χ1v) is 10.2. The van der Waals surface area contributed by atoms with E-state index in [0.29, 0.717) is 6.04 Å². The molecule has 1 unspecified atom stereocenters. The van der Waals surface area contributed by atoms with Gasteiger partial charge < -0.3 is 19.5 Å². The van der Waals surface area contributed by atoms with Crippen LogP contribution in [-0.4, -0.2) is 84.3 Å². The molecule has 1 atom stereocenters. The molecular weight excluding hydrogens is 328 g/mol. The van der Waals surface area contributed by atoms with Crippen molar-refractivity contribution < 1.29 is 4.74 Å². The number of guanidine groups is 1. The fourth-order valence-electron chi connectivity index (χ4n) is 4.40. The Morgan fingerprint density at radius 2 is 2.15 bits per heavy atom. The minimum absolute atomic E-state index is 0.636. The molecule has 144 valence electrons. The summed E-state index contributed by atoms with van der Waals surface area (Å²) in [5.41, 5.74) is 1.21. The maximum absolute atomic E-state index is 5.48. The predicted octanol–water partition coefficient (Wildman–Crippen LogP) is 0.744. The molecule has 0 aliphatic carbocycles. The van der Waals surface area contributed by atoms with Gasteiger partial charge in [-0.15, -0.1) is 0 Å². The van der Waals surface area contributed by atoms with Gasteiger partial charge in [0, 0.05) is 71.4 Å². The molecule has 3 aliphatic heterocycles. The zero-order valence-electron chi connectivity index (χ0n) is 16.0. The van der Waals surface area contributed by atoms with Gasteiger partial charge in [-0.2, -0.15) is 0 Å². The van der Waals surface area contributed by atoms with E-state index in [1.807, 2.05) is 7.05 Å². The van der Waals surface area contributed by atoms with Crippen LogP contribution in [0.3, 0.4) is 0 Å². The molecular formula is C19H32N6O. The van der Waals surface area contributed by atoms with Crippen LogP contribution in [0.15, 0.2) is 11.2 Å². The number of fused-ring (bicyclic) bond motifs is 1. The van der Waals surface area contributed by atoms with Crippen molar-refractivity contribution in [3.63, 3.8) is 0 Å². The van der Waals surface area contributed by atoms with Crippen LogP contribution < -0.4 is 5.32 Å². The minimum atomic E-state index is 0.636. The summed E-state index contributed by atoms with van der Waals surface area (Å²) in [6.07, 6.45) is 8.11. The maximum atomic E-state index is 5.48. The molecule has 7 heteroatoms. The van der Waals surface area contributed by atoms with E-state index >= 15 is 0 Å². The van der Waals surface area contributed by atoms with Gasteiger partial charge in [-0.05, 0) is 19.3 Å². The van der Waals surface area contributed by atoms with Crippen molar-refractivity contribution in [2.24, 2.45) is 4.99 Å². The number of imidazole rings is 1. The Hall–Kier alpha value is -1.60. The van der Waals surface area contributed by atoms with Gasteiger partial charge in [-0.1, -0.05) is 0 Å². The molecule has 3 aliphatic rings. The van der Waals surface area contributed by atoms with Gasteiger partial charge in [0.25, 0.3) is 0 Å². The summed E-state index contributed by atoms with van der Waals surface area (Å²) in [6.45, 7) is 8.05. The van der Waals surface area contributed by atoms with Crippen LogP contribution in [0.1, 0.15) is 30.8 Å². The highest BCUT2D eigenvalue weighted by atomic mass is 16.5. The number of hydrogen-bond donors (Lipinski definition) is 1. The summed E-state index contributed by atoms with van der Waals surface area (Å²) in [6, 6.07) is 0.636. The Kier molecular flexibility index (Phi) is 5.75. The number of nitrogens with one attached hydrogen (secondary N) is 1. The predicted molar refractivity (Wildman–Crippen MR) is 103 cm³/mol. The fraction of sp³-hybridized carbons (Fsp3) is 0.789. The lowest BCUT2D eigenvalue weighted by Crippen LogP contribution is -2.46. The molecule has 4 heterocycles. The third-order valence-electron chi connectivity index (χ3n) is 5.86. The van der Waals surface area contributed by atoms with E-state index in [9.17, 15) is 0 Å². The zero-order valence-corrected chi connectivity index (χ0v) is 16.0. The zero-order chi connectivity index (χ0) is 17.8. The third kappa shape index (κ3) is 4.04. The summed E-state index contributed by atoms with van der Waals surface area (Å²) in [7, 11) is 1.89. The van der Waals surface area contributed by atoms with Gasteiger partial charge in [-0.25, -0.2) is 4.98 Å². The molecule has 26 heavy (non-hydrogen) atoms. The van der Waals surface area contributed by atoms with Crippen molar-refractivity contribution in [1.29, 1.82) is 0 Å². The highest BCUT2D eigenvalue weighted by molar-refractivity contribution is 5.80. The normalized spacial score (nSPS) is 24.7. The largest absolute Gasteiger partial charge is 0.379 e. The molecule has 0 spiro atoms. The van der Waals surface area contributed by atoms with Crippen molar-refractivity contribution >= 4 is 5.96 Å². The van der Waals surface area contributed by atoms with E-state index in [1.54, 1.807) is 0 Å². The van der Waals surface area contributed by atoms with Crippen molar-refractivity contribution in [2.75, 3.05) is 53.0 Å². The van der Waals surface area contributed by atoms with Gasteiger partial charge >= 0.3 is 0 Å². The number of aryl methyl sites for hydroxylation is 2. The average Bonchev–Trinajstić information content (AvgIpc) is 3.33. The Labute approximate surface area is 156 Å². The summed E-state index contributed by atoms with van der Waals surface area (Å²) in [5.74, 6) is 2.30. The number of aromatic nitrogens is 2. The molecule has 4 rings (SSSR count). The number of morpholine rings is 1. The first-order chi connectivity index (χ1) is 12.8. The van der Waals surface area contributed by atoms with Gasteiger partial charge in [0.2, 0.25) is 0 Å². The molecule has 1 N–H and O–H groups in total. The smallest absolute Gasteiger partial charge is 0.193 e. The summed E-state index contributed by atoms with van der Waals surface area (Å²) < 4.78 is 7.82. The van der Waals surface area contributed by atoms with Crippen LogP contribution in [-0.2, 0) is 24.1 Å². The summed E-state index contributed by atoms with van der Waals surface area (Å²) in [4.78, 5) is 14.3. The van der Waals surface area contributed by atoms with E-state index in [-0.39, 0.29) is 0 Å². The SMILES string of the molecule is CN=C(NCCc1cn2c(n1)CCCC2)N1CCC(N2CCOCC2)C1. The van der Waals surface area contributed by atoms with E-state index < -0.39 is 0 Å². The first-order valence-electron chi connectivity index (χ1n) is 10.2. The highest BCUT2D eigenvalue weighted by Gasteiger charge is 2.30. The number of aliphatic imine (C=N–C) groups is 1. The standard InChI is InChI=1S/C19H32N6O/c1-20-19(25-9-6-17(15-25)23-10-12-26-13-11-23)21-7-5-16-14-24-8-3-2-4-18(24)22-16/h14,17H,2-13,15H2,1H3,(H,20,21). The second-order valence-electron chi connectivity index (χ2n) is 7.56. The van der Waals surface area contributed by atoms with Crippen LogP contribution in [0, 0.1) is 0 Å². The Morgan fingerprint density at radius 3 is 2.96 bits per heavy atom. The van der Waals surface area contributed by atoms with Gasteiger partial charge in [-0.3, -0.25) is 9.89 Å². The Morgan fingerprint density at radius 1 is 1.27 bits per heavy atom. The number of ether oxygens (including phenoxy) is 1. The Bertz CT molecular complexity index is 598. The van der Waals surface area contributed by atoms with Crippen LogP contribution >= 0.6 is 0 Å². The molecule has 0 saturated carbocycles. The topological polar surface area (TPSA) is 57.9 Å². The number of hydrogen-bond acceptors (Lipinski definition) is 4. The second-order valence-corrected chi connectivity index (χ2v) is 7.56. The van der Waals surface area contributed by atoms with Gasteiger partial charge in [0.1, 0.15) is 5.82 Å². The molecule has 2 saturated heterocycles. The van der Waals surface area contributed by atoms with Crippen LogP contribution in [0.4, 0.5) is 0 Å². The van der Waals surface area contributed by atoms with E-state index in [1.165, 1.54) is 30.8 Å². The molecule has 7 nitrogen and oxygen atoms in total. The Balaban J connectivity index is 1.25. The quantitative estimate of drug-likeness (QED) is 0.634. The molecule has 1 aromatic heterocycles. The number of likely N-dealkylation sites (tertiary alicyclic amines) is 1. The van der Waals surface area contributed by atoms with Crippen molar-refractivity contribution in [1.82, 2.24) is 24.7 Å². The summed E-state index contributed by atoms with van der Waals surface area (Å²) >= 11 is 0. The van der Waals surface area contributed by atoms with Crippen LogP contribution in [0.25, 0.3) is 0 Å². The molecule has 1 aromatic rings. The lowest BCUT2D eigenvalue weighted by atomic mass is 10.2. The third-order valence-corrected chi connectivity index (χ3v) is 5.86. The molecule has 0 amide bonds. The lowest BCUT2D eigenvalue weighted by molar-refractivity contribution is 0.0195. The molecule has 0 radical (unpaired) electrons. The molecule has 0 bridgehead atoms. The fourth-order valence-corrected chi connectivity index (χ4v) is 4.40. The average molecular weight is 361 g/mol. The molecule has 2 fully saturated rings. The van der Waals surface area contributed by atoms with E-state index in [0.717, 1.165) is 71.3 Å². The minimum Gasteiger partial charge on any atom is -0.379 e. The lowest BCUT2D eigenvalue weighted by Gasteiger charge is -2.32. The van der Waals surface area contributed by atoms with E-state index in [2.05, 4.69) is 30.9 Å². The maximum Gasteiger partial charge on any atom is 0.193 e. The number of rotatable bonds is 4. The second kappa shape index (κ2) is 8.39. The summed E-state index contributed by atoms with van der Waals surface area (Å²) in [5, 5.41) is 3.55.